The number of anilines is 1. The van der Waals surface area contributed by atoms with Crippen LogP contribution in [0.15, 0.2) is 24.3 Å². The van der Waals surface area contributed by atoms with Crippen LogP contribution in [0.2, 0.25) is 0 Å². The second-order valence-corrected chi connectivity index (χ2v) is 7.92. The Hall–Kier alpha value is -2.63. The van der Waals surface area contributed by atoms with Gasteiger partial charge in [-0.1, -0.05) is 13.3 Å². The summed E-state index contributed by atoms with van der Waals surface area (Å²) in [5.41, 5.74) is 2.92. The molecule has 2 aromatic rings. The number of rotatable bonds is 6. The van der Waals surface area contributed by atoms with Crippen molar-refractivity contribution in [3.8, 4) is 5.75 Å². The van der Waals surface area contributed by atoms with Gasteiger partial charge >= 0.3 is 0 Å². The Morgan fingerprint density at radius 2 is 1.86 bits per heavy atom. The van der Waals surface area contributed by atoms with Gasteiger partial charge in [0.15, 0.2) is 0 Å². The number of amides is 1. The summed E-state index contributed by atoms with van der Waals surface area (Å²) >= 11 is 0. The van der Waals surface area contributed by atoms with Crippen LogP contribution in [0, 0.1) is 6.92 Å². The zero-order valence-electron chi connectivity index (χ0n) is 17.5. The van der Waals surface area contributed by atoms with E-state index in [1.165, 1.54) is 12.8 Å². The van der Waals surface area contributed by atoms with E-state index in [0.29, 0.717) is 25.3 Å². The zero-order valence-corrected chi connectivity index (χ0v) is 17.5. The summed E-state index contributed by atoms with van der Waals surface area (Å²) in [6.45, 7) is 8.16. The molecule has 0 radical (unpaired) electrons. The Bertz CT molecular complexity index is 860. The number of hydrogen-bond donors (Lipinski definition) is 0. The number of fused-ring (bicyclic) bond motifs is 1. The number of unbranched alkanes of at least 4 members (excludes halogenated alkanes) is 1. The molecule has 0 saturated carbocycles. The predicted octanol–water partition coefficient (Wildman–Crippen LogP) is 3.76. The summed E-state index contributed by atoms with van der Waals surface area (Å²) in [5, 5.41) is 0. The highest BCUT2D eigenvalue weighted by atomic mass is 16.5. The first kappa shape index (κ1) is 19.7. The fourth-order valence-corrected chi connectivity index (χ4v) is 4.09. The molecule has 0 atom stereocenters. The van der Waals surface area contributed by atoms with Crippen molar-refractivity contribution in [2.45, 2.75) is 52.5 Å². The van der Waals surface area contributed by atoms with E-state index in [2.05, 4.69) is 16.8 Å². The van der Waals surface area contributed by atoms with Crippen LogP contribution in [0.4, 0.5) is 5.82 Å². The van der Waals surface area contributed by atoms with Gasteiger partial charge in [-0.05, 0) is 50.5 Å². The second-order valence-electron chi connectivity index (χ2n) is 7.92. The Kier molecular flexibility index (Phi) is 5.97. The van der Waals surface area contributed by atoms with Gasteiger partial charge in [0.1, 0.15) is 17.4 Å². The summed E-state index contributed by atoms with van der Waals surface area (Å²) < 4.78 is 5.71. The normalized spacial score (nSPS) is 16.1. The van der Waals surface area contributed by atoms with Crippen LogP contribution < -0.4 is 9.64 Å². The molecule has 1 aromatic heterocycles. The van der Waals surface area contributed by atoms with Crippen LogP contribution in [0.3, 0.4) is 0 Å². The molecule has 4 rings (SSSR count). The monoisotopic (exact) mass is 394 g/mol. The van der Waals surface area contributed by atoms with Gasteiger partial charge in [-0.2, -0.15) is 0 Å². The number of carbonyl (C=O) groups excluding carboxylic acids is 1. The highest BCUT2D eigenvalue weighted by Gasteiger charge is 2.28. The molecule has 0 unspecified atom stereocenters. The lowest BCUT2D eigenvalue weighted by molar-refractivity contribution is 0.0733. The minimum Gasteiger partial charge on any atom is -0.494 e. The van der Waals surface area contributed by atoms with E-state index in [1.54, 1.807) is 0 Å². The topological polar surface area (TPSA) is 58.6 Å². The lowest BCUT2D eigenvalue weighted by Gasteiger charge is -2.31. The third-order valence-corrected chi connectivity index (χ3v) is 5.71. The Labute approximate surface area is 172 Å². The first-order chi connectivity index (χ1) is 14.2. The maximum Gasteiger partial charge on any atom is 0.254 e. The minimum absolute atomic E-state index is 0.0590. The van der Waals surface area contributed by atoms with Gasteiger partial charge in [0.25, 0.3) is 5.91 Å². The standard InChI is InChI=1S/C23H30N4O2/c1-3-4-15-29-19-9-7-18(8-10-19)23(28)27-14-11-21-20(16-27)22(25-17(2)24-21)26-12-5-6-13-26/h7-10H,3-6,11-16H2,1-2H3. The first-order valence-electron chi connectivity index (χ1n) is 10.8. The van der Waals surface area contributed by atoms with Crippen molar-refractivity contribution in [2.24, 2.45) is 0 Å². The van der Waals surface area contributed by atoms with Crippen molar-refractivity contribution in [2.75, 3.05) is 31.1 Å². The fourth-order valence-electron chi connectivity index (χ4n) is 4.09. The summed E-state index contributed by atoms with van der Waals surface area (Å²) in [7, 11) is 0. The molecular weight excluding hydrogens is 364 g/mol. The maximum atomic E-state index is 13.1. The third kappa shape index (κ3) is 4.36. The van der Waals surface area contributed by atoms with E-state index in [4.69, 9.17) is 9.72 Å². The van der Waals surface area contributed by atoms with Crippen molar-refractivity contribution in [3.05, 3.63) is 46.9 Å². The quantitative estimate of drug-likeness (QED) is 0.698. The molecule has 2 aliphatic rings. The number of nitrogens with zero attached hydrogens (tertiary/aromatic N) is 4. The molecule has 1 amide bonds. The number of aromatic nitrogens is 2. The summed E-state index contributed by atoms with van der Waals surface area (Å²) in [5.74, 6) is 2.73. The van der Waals surface area contributed by atoms with Gasteiger partial charge in [-0.3, -0.25) is 4.79 Å². The molecule has 2 aliphatic heterocycles. The number of aryl methyl sites for hydroxylation is 1. The molecule has 6 nitrogen and oxygen atoms in total. The maximum absolute atomic E-state index is 13.1. The van der Waals surface area contributed by atoms with Gasteiger partial charge in [0, 0.05) is 37.2 Å². The average molecular weight is 395 g/mol. The lowest BCUT2D eigenvalue weighted by atomic mass is 10.0. The van der Waals surface area contributed by atoms with E-state index in [0.717, 1.165) is 61.0 Å². The van der Waals surface area contributed by atoms with Crippen LogP contribution >= 0.6 is 0 Å². The van der Waals surface area contributed by atoms with E-state index < -0.39 is 0 Å². The molecule has 29 heavy (non-hydrogen) atoms. The average Bonchev–Trinajstić information content (AvgIpc) is 3.28. The second kappa shape index (κ2) is 8.80. The van der Waals surface area contributed by atoms with Crippen LogP contribution in [0.25, 0.3) is 0 Å². The van der Waals surface area contributed by atoms with E-state index in [9.17, 15) is 4.79 Å². The predicted molar refractivity (Wildman–Crippen MR) is 114 cm³/mol. The van der Waals surface area contributed by atoms with E-state index >= 15 is 0 Å². The molecule has 0 bridgehead atoms. The van der Waals surface area contributed by atoms with Crippen molar-refractivity contribution in [3.63, 3.8) is 0 Å². The van der Waals surface area contributed by atoms with Crippen molar-refractivity contribution in [1.29, 1.82) is 0 Å². The fraction of sp³-hybridized carbons (Fsp3) is 0.522. The molecule has 6 heteroatoms. The molecule has 1 saturated heterocycles. The largest absolute Gasteiger partial charge is 0.494 e. The number of benzene rings is 1. The molecule has 1 fully saturated rings. The van der Waals surface area contributed by atoms with E-state index in [1.807, 2.05) is 36.1 Å². The van der Waals surface area contributed by atoms with Crippen molar-refractivity contribution in [1.82, 2.24) is 14.9 Å². The third-order valence-electron chi connectivity index (χ3n) is 5.71. The minimum atomic E-state index is 0.0590. The van der Waals surface area contributed by atoms with Gasteiger partial charge in [-0.15, -0.1) is 0 Å². The highest BCUT2D eigenvalue weighted by molar-refractivity contribution is 5.94. The van der Waals surface area contributed by atoms with E-state index in [-0.39, 0.29) is 5.91 Å². The molecule has 0 aliphatic carbocycles. The molecule has 0 spiro atoms. The zero-order chi connectivity index (χ0) is 20.2. The molecule has 0 N–H and O–H groups in total. The van der Waals surface area contributed by atoms with Gasteiger partial charge < -0.3 is 14.5 Å². The van der Waals surface area contributed by atoms with Gasteiger partial charge in [-0.25, -0.2) is 9.97 Å². The lowest BCUT2D eigenvalue weighted by Crippen LogP contribution is -2.38. The number of ether oxygens (including phenoxy) is 1. The summed E-state index contributed by atoms with van der Waals surface area (Å²) in [6.07, 6.45) is 5.33. The Morgan fingerprint density at radius 1 is 1.10 bits per heavy atom. The number of hydrogen-bond acceptors (Lipinski definition) is 5. The molecule has 154 valence electrons. The van der Waals surface area contributed by atoms with Crippen molar-refractivity contribution >= 4 is 11.7 Å². The smallest absolute Gasteiger partial charge is 0.254 e. The Balaban J connectivity index is 1.50. The highest BCUT2D eigenvalue weighted by Crippen LogP contribution is 2.29. The van der Waals surface area contributed by atoms with Crippen LogP contribution in [-0.4, -0.2) is 47.0 Å². The van der Waals surface area contributed by atoms with Crippen LogP contribution in [0.1, 0.15) is 60.0 Å². The summed E-state index contributed by atoms with van der Waals surface area (Å²) in [6, 6.07) is 7.52. The molecule has 3 heterocycles. The van der Waals surface area contributed by atoms with Gasteiger partial charge in [0.05, 0.1) is 18.8 Å². The van der Waals surface area contributed by atoms with Crippen LogP contribution in [0.5, 0.6) is 5.75 Å². The molecular formula is C23H30N4O2. The summed E-state index contributed by atoms with van der Waals surface area (Å²) in [4.78, 5) is 26.8. The van der Waals surface area contributed by atoms with Crippen LogP contribution in [-0.2, 0) is 13.0 Å². The number of carbonyl (C=O) groups is 1. The Morgan fingerprint density at radius 3 is 2.59 bits per heavy atom. The SMILES string of the molecule is CCCCOc1ccc(C(=O)N2CCc3nc(C)nc(N4CCCC4)c3C2)cc1. The van der Waals surface area contributed by atoms with Gasteiger partial charge in [0.2, 0.25) is 0 Å². The first-order valence-corrected chi connectivity index (χ1v) is 10.8. The van der Waals surface area contributed by atoms with Crippen molar-refractivity contribution < 1.29 is 9.53 Å². The molecule has 1 aromatic carbocycles.